The van der Waals surface area contributed by atoms with Gasteiger partial charge in [-0.1, -0.05) is 68.3 Å². The second-order valence-corrected chi connectivity index (χ2v) is 9.74. The molecular weight excluding hydrogens is 464 g/mol. The molecule has 0 aromatic heterocycles. The molecule has 188 valence electrons. The van der Waals surface area contributed by atoms with Crippen LogP contribution in [0.15, 0.2) is 48.5 Å². The van der Waals surface area contributed by atoms with Crippen LogP contribution >= 0.6 is 11.8 Å². The van der Waals surface area contributed by atoms with Crippen molar-refractivity contribution in [3.63, 3.8) is 0 Å². The van der Waals surface area contributed by atoms with Crippen molar-refractivity contribution in [3.05, 3.63) is 59.7 Å². The van der Waals surface area contributed by atoms with Gasteiger partial charge in [-0.25, -0.2) is 4.79 Å². The molecule has 0 spiro atoms. The first-order valence-electron chi connectivity index (χ1n) is 12.1. The third-order valence-electron chi connectivity index (χ3n) is 6.24. The Morgan fingerprint density at radius 2 is 1.63 bits per heavy atom. The molecular formula is C27H34N2O5S. The van der Waals surface area contributed by atoms with Crippen molar-refractivity contribution >= 4 is 29.7 Å². The molecule has 2 amide bonds. The van der Waals surface area contributed by atoms with Crippen LogP contribution in [0.3, 0.4) is 0 Å². The quantitative estimate of drug-likeness (QED) is 0.367. The maximum absolute atomic E-state index is 12.9. The lowest BCUT2D eigenvalue weighted by Gasteiger charge is -2.23. The van der Waals surface area contributed by atoms with Crippen molar-refractivity contribution in [2.24, 2.45) is 0 Å². The van der Waals surface area contributed by atoms with E-state index in [9.17, 15) is 19.5 Å². The minimum atomic E-state index is -0.962. The molecule has 2 aromatic carbocycles. The number of thioether (sulfide) groups is 1. The van der Waals surface area contributed by atoms with Gasteiger partial charge in [-0.15, -0.1) is 0 Å². The van der Waals surface area contributed by atoms with Crippen LogP contribution in [0.5, 0.6) is 0 Å². The van der Waals surface area contributed by atoms with Crippen molar-refractivity contribution in [2.45, 2.75) is 57.0 Å². The molecule has 0 aliphatic heterocycles. The highest BCUT2D eigenvalue weighted by atomic mass is 32.2. The Balaban J connectivity index is 1.63. The maximum Gasteiger partial charge on any atom is 0.407 e. The zero-order valence-electron chi connectivity index (χ0n) is 20.3. The number of carboxylic acids is 1. The smallest absolute Gasteiger partial charge is 0.407 e. The summed E-state index contributed by atoms with van der Waals surface area (Å²) < 4.78 is 5.60. The van der Waals surface area contributed by atoms with Crippen LogP contribution < -0.4 is 10.6 Å². The van der Waals surface area contributed by atoms with E-state index < -0.39 is 24.1 Å². The number of aliphatic carboxylic acids is 1. The maximum atomic E-state index is 12.9. The van der Waals surface area contributed by atoms with Crippen molar-refractivity contribution in [1.29, 1.82) is 0 Å². The van der Waals surface area contributed by atoms with E-state index in [-0.39, 0.29) is 24.9 Å². The molecule has 1 unspecified atom stereocenters. The summed E-state index contributed by atoms with van der Waals surface area (Å²) in [4.78, 5) is 36.9. The van der Waals surface area contributed by atoms with Crippen LogP contribution in [0.2, 0.25) is 0 Å². The van der Waals surface area contributed by atoms with Crippen molar-refractivity contribution in [3.8, 4) is 11.1 Å². The predicted octanol–water partition coefficient (Wildman–Crippen LogP) is 4.80. The van der Waals surface area contributed by atoms with E-state index >= 15 is 0 Å². The summed E-state index contributed by atoms with van der Waals surface area (Å²) in [6, 6.07) is 14.9. The Morgan fingerprint density at radius 1 is 1.00 bits per heavy atom. The molecule has 0 saturated heterocycles. The van der Waals surface area contributed by atoms with Crippen LogP contribution in [0, 0.1) is 0 Å². The number of carbonyl (C=O) groups excluding carboxylic acids is 2. The molecule has 1 aliphatic carbocycles. The minimum Gasteiger partial charge on any atom is -0.481 e. The molecule has 35 heavy (non-hydrogen) atoms. The van der Waals surface area contributed by atoms with Gasteiger partial charge in [0, 0.05) is 12.0 Å². The Morgan fingerprint density at radius 3 is 2.20 bits per heavy atom. The van der Waals surface area contributed by atoms with Crippen molar-refractivity contribution < 1.29 is 24.2 Å². The second kappa shape index (κ2) is 13.2. The van der Waals surface area contributed by atoms with Crippen molar-refractivity contribution in [1.82, 2.24) is 10.6 Å². The van der Waals surface area contributed by atoms with Gasteiger partial charge in [-0.2, -0.15) is 11.8 Å². The minimum absolute atomic E-state index is 0.0689. The topological polar surface area (TPSA) is 105 Å². The first-order valence-corrected chi connectivity index (χ1v) is 13.5. The molecule has 2 atom stereocenters. The van der Waals surface area contributed by atoms with Gasteiger partial charge < -0.3 is 20.5 Å². The van der Waals surface area contributed by atoms with Gasteiger partial charge >= 0.3 is 12.1 Å². The number of rotatable bonds is 13. The molecule has 0 bridgehead atoms. The summed E-state index contributed by atoms with van der Waals surface area (Å²) in [7, 11) is 0. The average Bonchev–Trinajstić information content (AvgIpc) is 3.17. The van der Waals surface area contributed by atoms with Gasteiger partial charge in [0.15, 0.2) is 0 Å². The summed E-state index contributed by atoms with van der Waals surface area (Å²) in [6.07, 6.45) is 3.84. The van der Waals surface area contributed by atoms with E-state index in [0.717, 1.165) is 35.1 Å². The highest BCUT2D eigenvalue weighted by molar-refractivity contribution is 7.98. The summed E-state index contributed by atoms with van der Waals surface area (Å²) in [5, 5.41) is 14.7. The van der Waals surface area contributed by atoms with Gasteiger partial charge in [0.25, 0.3) is 0 Å². The lowest BCUT2D eigenvalue weighted by Crippen LogP contribution is -2.50. The van der Waals surface area contributed by atoms with E-state index in [0.29, 0.717) is 18.6 Å². The van der Waals surface area contributed by atoms with Crippen LogP contribution in [0.4, 0.5) is 4.79 Å². The molecule has 2 aromatic rings. The molecule has 7 nitrogen and oxygen atoms in total. The number of benzene rings is 2. The predicted molar refractivity (Wildman–Crippen MR) is 139 cm³/mol. The first kappa shape index (κ1) is 26.6. The Kier molecular flexibility index (Phi) is 10.0. The fourth-order valence-electron chi connectivity index (χ4n) is 4.48. The highest BCUT2D eigenvalue weighted by Crippen LogP contribution is 2.44. The molecule has 0 saturated carbocycles. The number of carbonyl (C=O) groups is 3. The van der Waals surface area contributed by atoms with E-state index in [1.807, 2.05) is 37.4 Å². The van der Waals surface area contributed by atoms with Crippen LogP contribution in [0.25, 0.3) is 11.1 Å². The fraction of sp³-hybridized carbons (Fsp3) is 0.444. The molecule has 3 N–H and O–H groups in total. The number of fused-ring (bicyclic) bond motifs is 3. The number of nitrogens with one attached hydrogen (secondary N) is 2. The Bertz CT molecular complexity index is 983. The van der Waals surface area contributed by atoms with Gasteiger partial charge in [0.05, 0.1) is 6.42 Å². The number of alkyl carbamates (subject to hydrolysis) is 1. The highest BCUT2D eigenvalue weighted by Gasteiger charge is 2.30. The fourth-order valence-corrected chi connectivity index (χ4v) is 4.95. The van der Waals surface area contributed by atoms with E-state index in [4.69, 9.17) is 4.74 Å². The largest absolute Gasteiger partial charge is 0.481 e. The second-order valence-electron chi connectivity index (χ2n) is 8.75. The van der Waals surface area contributed by atoms with E-state index in [1.165, 1.54) is 0 Å². The average molecular weight is 499 g/mol. The molecule has 3 rings (SSSR count). The standard InChI is InChI=1S/C27H34N2O5S/c1-3-4-9-18(16-25(30)31)28-26(32)24(14-15-35-2)29-27(33)34-17-23-21-12-7-5-10-19(21)20-11-6-8-13-22(20)23/h5-8,10-13,18,23-24H,3-4,9,14-17H2,1-2H3,(H,28,32)(H,29,33)(H,30,31)/t18?,24-/m0/s1. The summed E-state index contributed by atoms with van der Waals surface area (Å²) in [5.74, 6) is -0.743. The number of ether oxygens (including phenoxy) is 1. The number of hydrogen-bond donors (Lipinski definition) is 3. The first-order chi connectivity index (χ1) is 16.9. The van der Waals surface area contributed by atoms with Crippen molar-refractivity contribution in [2.75, 3.05) is 18.6 Å². The summed E-state index contributed by atoms with van der Waals surface area (Å²) in [5.41, 5.74) is 4.52. The molecule has 0 fully saturated rings. The number of carboxylic acid groups (broad SMARTS) is 1. The van der Waals surface area contributed by atoms with Gasteiger partial charge in [-0.3, -0.25) is 9.59 Å². The Labute approximate surface area is 211 Å². The lowest BCUT2D eigenvalue weighted by molar-refractivity contribution is -0.137. The lowest BCUT2D eigenvalue weighted by atomic mass is 9.98. The van der Waals surface area contributed by atoms with Crippen LogP contribution in [-0.2, 0) is 14.3 Å². The molecule has 0 heterocycles. The normalized spacial score (nSPS) is 13.9. The Hall–Kier alpha value is -3.00. The van der Waals surface area contributed by atoms with E-state index in [1.54, 1.807) is 11.8 Å². The van der Waals surface area contributed by atoms with E-state index in [2.05, 4.69) is 34.9 Å². The molecule has 1 aliphatic rings. The number of hydrogen-bond acceptors (Lipinski definition) is 5. The van der Waals surface area contributed by atoms with Gasteiger partial charge in [0.2, 0.25) is 5.91 Å². The molecule has 8 heteroatoms. The SMILES string of the molecule is CCCCC(CC(=O)O)NC(=O)[C@H](CCSC)NC(=O)OCC1c2ccccc2-c2ccccc21. The van der Waals surface area contributed by atoms with Crippen LogP contribution in [0.1, 0.15) is 56.1 Å². The zero-order chi connectivity index (χ0) is 25.2. The van der Waals surface area contributed by atoms with Gasteiger partial charge in [0.1, 0.15) is 12.6 Å². The number of unbranched alkanes of at least 4 members (excludes halogenated alkanes) is 1. The monoisotopic (exact) mass is 498 g/mol. The summed E-state index contributed by atoms with van der Waals surface area (Å²) in [6.45, 7) is 2.18. The third kappa shape index (κ3) is 7.24. The van der Waals surface area contributed by atoms with Crippen LogP contribution in [-0.4, -0.2) is 53.8 Å². The zero-order valence-corrected chi connectivity index (χ0v) is 21.1. The number of amides is 2. The summed E-state index contributed by atoms with van der Waals surface area (Å²) >= 11 is 1.57. The van der Waals surface area contributed by atoms with Gasteiger partial charge in [-0.05, 0) is 47.1 Å². The molecule has 0 radical (unpaired) electrons. The third-order valence-corrected chi connectivity index (χ3v) is 6.88.